The van der Waals surface area contributed by atoms with E-state index in [4.69, 9.17) is 21.1 Å². The molecule has 2 aromatic heterocycles. The fourth-order valence-electron chi connectivity index (χ4n) is 3.70. The molecule has 0 bridgehead atoms. The molecule has 38 heavy (non-hydrogen) atoms. The van der Waals surface area contributed by atoms with Gasteiger partial charge < -0.3 is 19.4 Å². The molecule has 1 atom stereocenters. The van der Waals surface area contributed by atoms with E-state index in [0.717, 1.165) is 5.56 Å². The van der Waals surface area contributed by atoms with Crippen LogP contribution in [0.4, 0.5) is 9.39 Å². The number of hydrogen-bond donors (Lipinski definition) is 1. The predicted molar refractivity (Wildman–Crippen MR) is 147 cm³/mol. The molecule has 0 aliphatic heterocycles. The lowest BCUT2D eigenvalue weighted by Crippen LogP contribution is -2.17. The third-order valence-corrected chi connectivity index (χ3v) is 7.63. The van der Waals surface area contributed by atoms with Gasteiger partial charge in [0.15, 0.2) is 17.1 Å². The third kappa shape index (κ3) is 6.17. The first kappa shape index (κ1) is 27.6. The minimum atomic E-state index is -0.529. The van der Waals surface area contributed by atoms with Crippen molar-refractivity contribution in [3.05, 3.63) is 76.1 Å². The number of halogens is 2. The average Bonchev–Trinajstić information content (AvgIpc) is 3.53. The van der Waals surface area contributed by atoms with Gasteiger partial charge in [-0.2, -0.15) is 0 Å². The van der Waals surface area contributed by atoms with E-state index >= 15 is 0 Å². The zero-order chi connectivity index (χ0) is 27.2. The lowest BCUT2D eigenvalue weighted by molar-refractivity contribution is -0.113. The van der Waals surface area contributed by atoms with Gasteiger partial charge in [-0.25, -0.2) is 9.18 Å². The Labute approximate surface area is 232 Å². The van der Waals surface area contributed by atoms with E-state index in [2.05, 4.69) is 15.5 Å². The van der Waals surface area contributed by atoms with Gasteiger partial charge in [0.1, 0.15) is 22.1 Å². The van der Waals surface area contributed by atoms with Crippen molar-refractivity contribution in [2.24, 2.45) is 0 Å². The van der Waals surface area contributed by atoms with Gasteiger partial charge in [0.05, 0.1) is 17.9 Å². The van der Waals surface area contributed by atoms with Gasteiger partial charge in [-0.05, 0) is 37.6 Å². The van der Waals surface area contributed by atoms with E-state index in [9.17, 15) is 14.0 Å². The van der Waals surface area contributed by atoms with Crippen LogP contribution in [0, 0.1) is 5.82 Å². The lowest BCUT2D eigenvalue weighted by Gasteiger charge is -2.16. The van der Waals surface area contributed by atoms with Crippen molar-refractivity contribution >= 4 is 51.6 Å². The molecule has 1 amide bonds. The van der Waals surface area contributed by atoms with Crippen molar-refractivity contribution in [2.75, 3.05) is 18.2 Å². The second-order valence-electron chi connectivity index (χ2n) is 7.97. The third-order valence-electron chi connectivity index (χ3n) is 5.47. The number of esters is 1. The van der Waals surface area contributed by atoms with Gasteiger partial charge in [-0.3, -0.25) is 4.79 Å². The fraction of sp³-hybridized carbons (Fsp3) is 0.231. The second kappa shape index (κ2) is 12.4. The molecule has 0 saturated carbocycles. The number of rotatable bonds is 10. The molecule has 0 aliphatic carbocycles. The minimum absolute atomic E-state index is 0.0380. The first-order chi connectivity index (χ1) is 18.3. The predicted octanol–water partition coefficient (Wildman–Crippen LogP) is 6.48. The van der Waals surface area contributed by atoms with E-state index < -0.39 is 17.9 Å². The van der Waals surface area contributed by atoms with Crippen LogP contribution >= 0.6 is 34.7 Å². The molecule has 0 spiro atoms. The van der Waals surface area contributed by atoms with E-state index in [0.29, 0.717) is 39.4 Å². The van der Waals surface area contributed by atoms with Gasteiger partial charge in [0.25, 0.3) is 0 Å². The molecule has 2 heterocycles. The topological polar surface area (TPSA) is 95.3 Å². The number of nitrogens with one attached hydrogen (secondary N) is 1. The Kier molecular flexibility index (Phi) is 9.03. The number of nitrogens with zero attached hydrogens (tertiary/aromatic N) is 3. The number of amides is 1. The number of hydrogen-bond acceptors (Lipinski definition) is 8. The van der Waals surface area contributed by atoms with Crippen LogP contribution in [-0.2, 0) is 16.1 Å². The Morgan fingerprint density at radius 1 is 1.21 bits per heavy atom. The number of ether oxygens (including phenoxy) is 2. The summed E-state index contributed by atoms with van der Waals surface area (Å²) in [6.07, 6.45) is -0.529. The number of anilines is 1. The summed E-state index contributed by atoms with van der Waals surface area (Å²) in [5, 5.41) is 14.2. The highest BCUT2D eigenvalue weighted by atomic mass is 35.5. The van der Waals surface area contributed by atoms with Gasteiger partial charge in [0.2, 0.25) is 5.91 Å². The van der Waals surface area contributed by atoms with Crippen molar-refractivity contribution in [2.45, 2.75) is 31.7 Å². The molecule has 4 rings (SSSR count). The lowest BCUT2D eigenvalue weighted by atomic mass is 10.0. The average molecular weight is 575 g/mol. The number of carbonyl (C=O) groups excluding carboxylic acids is 2. The van der Waals surface area contributed by atoms with Crippen molar-refractivity contribution < 1.29 is 23.5 Å². The van der Waals surface area contributed by atoms with Crippen LogP contribution in [0.3, 0.4) is 0 Å². The zero-order valence-corrected chi connectivity index (χ0v) is 23.1. The second-order valence-corrected chi connectivity index (χ2v) is 10.2. The monoisotopic (exact) mass is 574 g/mol. The van der Waals surface area contributed by atoms with Crippen molar-refractivity contribution in [1.29, 1.82) is 0 Å². The smallest absolute Gasteiger partial charge is 0.341 e. The highest BCUT2D eigenvalue weighted by Gasteiger charge is 2.24. The highest BCUT2D eigenvalue weighted by Crippen LogP contribution is 2.36. The molecule has 0 radical (unpaired) electrons. The Morgan fingerprint density at radius 2 is 1.97 bits per heavy atom. The van der Waals surface area contributed by atoms with Gasteiger partial charge in [0, 0.05) is 17.5 Å². The van der Waals surface area contributed by atoms with E-state index in [1.54, 1.807) is 6.92 Å². The van der Waals surface area contributed by atoms with Crippen molar-refractivity contribution in [3.8, 4) is 16.9 Å². The molecule has 0 saturated heterocycles. The summed E-state index contributed by atoms with van der Waals surface area (Å²) in [7, 11) is 1.31. The zero-order valence-electron chi connectivity index (χ0n) is 20.7. The number of thioether (sulfide) groups is 1. The summed E-state index contributed by atoms with van der Waals surface area (Å²) in [6, 6.07) is 13.3. The molecule has 0 aliphatic rings. The molecular formula is C26H24ClFN4O4S2. The van der Waals surface area contributed by atoms with Gasteiger partial charge >= 0.3 is 5.97 Å². The molecule has 1 N–H and O–H groups in total. The van der Waals surface area contributed by atoms with E-state index in [1.165, 1.54) is 48.4 Å². The molecule has 0 fully saturated rings. The summed E-state index contributed by atoms with van der Waals surface area (Å²) in [6.45, 7) is 4.25. The van der Waals surface area contributed by atoms with Crippen LogP contribution in [-0.4, -0.2) is 39.5 Å². The van der Waals surface area contributed by atoms with Gasteiger partial charge in [-0.15, -0.1) is 21.5 Å². The first-order valence-electron chi connectivity index (χ1n) is 11.5. The molecular weight excluding hydrogens is 551 g/mol. The number of benzene rings is 2. The normalized spacial score (nSPS) is 11.7. The van der Waals surface area contributed by atoms with E-state index in [-0.39, 0.29) is 16.7 Å². The summed E-state index contributed by atoms with van der Waals surface area (Å²) in [5.41, 5.74) is 1.85. The molecule has 1 unspecified atom stereocenters. The Hall–Kier alpha value is -3.41. The standard InChI is InChI=1S/C26H24ClFN4O4S2/c1-4-32-23(15(2)36-20-11-10-17(28)12-19(20)27)30-31-26(32)38-14-21(33)29-24-22(25(34)35-3)18(13-37-24)16-8-6-5-7-9-16/h5-13,15H,4,14H2,1-3H3,(H,29,33). The first-order valence-corrected chi connectivity index (χ1v) is 13.8. The summed E-state index contributed by atoms with van der Waals surface area (Å²) < 4.78 is 26.0. The molecule has 2 aromatic carbocycles. The van der Waals surface area contributed by atoms with Crippen LogP contribution in [0.5, 0.6) is 5.75 Å². The SMILES string of the molecule is CCn1c(SCC(=O)Nc2scc(-c3ccccc3)c2C(=O)OC)nnc1C(C)Oc1ccc(F)cc1Cl. The summed E-state index contributed by atoms with van der Waals surface area (Å²) in [4.78, 5) is 25.4. The number of carbonyl (C=O) groups is 2. The molecule has 198 valence electrons. The highest BCUT2D eigenvalue weighted by molar-refractivity contribution is 7.99. The maximum atomic E-state index is 13.4. The minimum Gasteiger partial charge on any atom is -0.481 e. The Balaban J connectivity index is 1.45. The largest absolute Gasteiger partial charge is 0.481 e. The van der Waals surface area contributed by atoms with Crippen molar-refractivity contribution in [1.82, 2.24) is 14.8 Å². The Bertz CT molecular complexity index is 1440. The van der Waals surface area contributed by atoms with Crippen LogP contribution in [0.15, 0.2) is 59.1 Å². The van der Waals surface area contributed by atoms with Gasteiger partial charge in [-0.1, -0.05) is 53.7 Å². The van der Waals surface area contributed by atoms with Crippen LogP contribution in [0.25, 0.3) is 11.1 Å². The maximum Gasteiger partial charge on any atom is 0.341 e. The summed E-state index contributed by atoms with van der Waals surface area (Å²) in [5.74, 6) is -0.395. The van der Waals surface area contributed by atoms with Crippen molar-refractivity contribution in [3.63, 3.8) is 0 Å². The van der Waals surface area contributed by atoms with Crippen LogP contribution in [0.1, 0.15) is 36.1 Å². The number of thiophene rings is 1. The van der Waals surface area contributed by atoms with E-state index in [1.807, 2.05) is 47.2 Å². The fourth-order valence-corrected chi connectivity index (χ4v) is 5.69. The summed E-state index contributed by atoms with van der Waals surface area (Å²) >= 11 is 8.55. The molecule has 4 aromatic rings. The molecule has 8 nitrogen and oxygen atoms in total. The number of methoxy groups -OCH3 is 1. The number of aromatic nitrogens is 3. The Morgan fingerprint density at radius 3 is 2.66 bits per heavy atom. The quantitative estimate of drug-likeness (QED) is 0.171. The maximum absolute atomic E-state index is 13.4. The van der Waals surface area contributed by atoms with Crippen LogP contribution < -0.4 is 10.1 Å². The molecule has 12 heteroatoms. The van der Waals surface area contributed by atoms with Crippen LogP contribution in [0.2, 0.25) is 5.02 Å².